The van der Waals surface area contributed by atoms with E-state index in [1.165, 1.54) is 35.7 Å². The van der Waals surface area contributed by atoms with Crippen molar-refractivity contribution in [1.29, 1.82) is 0 Å². The highest BCUT2D eigenvalue weighted by atomic mass is 32.2. The number of methoxy groups -OCH3 is 1. The average Bonchev–Trinajstić information content (AvgIpc) is 3.10. The first-order valence-electron chi connectivity index (χ1n) is 9.42. The van der Waals surface area contributed by atoms with Crippen LogP contribution in [0.25, 0.3) is 10.2 Å². The number of carbonyl (C=O) groups is 2. The molecule has 1 aliphatic rings. The van der Waals surface area contributed by atoms with E-state index in [1.807, 2.05) is 0 Å². The fraction of sp³-hybridized carbons (Fsp3) is 0.333. The standard InChI is InChI=1S/C21H21N3O3S2/c1-12-7-8-14-16(9-12)29-20-18(14)19(22-11-23-20)28-10-17(25)24-15-6-4-3-5-13(15)21(26)27-2/h3-6,11-12H,7-10H2,1-2H3,(H,24,25)/t12-/m1/s1. The molecule has 0 radical (unpaired) electrons. The normalized spacial score (nSPS) is 15.7. The molecule has 29 heavy (non-hydrogen) atoms. The molecule has 0 saturated carbocycles. The second-order valence-corrected chi connectivity index (χ2v) is 9.13. The van der Waals surface area contributed by atoms with Crippen LogP contribution in [0.4, 0.5) is 5.69 Å². The first-order chi connectivity index (χ1) is 14.1. The summed E-state index contributed by atoms with van der Waals surface area (Å²) in [5.41, 5.74) is 2.13. The number of aromatic nitrogens is 2. The van der Waals surface area contributed by atoms with Crippen molar-refractivity contribution in [1.82, 2.24) is 9.97 Å². The molecule has 0 aliphatic heterocycles. The molecule has 0 fully saturated rings. The zero-order valence-electron chi connectivity index (χ0n) is 16.2. The molecule has 150 valence electrons. The highest BCUT2D eigenvalue weighted by Crippen LogP contribution is 2.40. The second kappa shape index (κ2) is 8.51. The monoisotopic (exact) mass is 427 g/mol. The minimum atomic E-state index is -0.481. The number of amides is 1. The summed E-state index contributed by atoms with van der Waals surface area (Å²) in [6, 6.07) is 6.81. The number of benzene rings is 1. The van der Waals surface area contributed by atoms with E-state index >= 15 is 0 Å². The summed E-state index contributed by atoms with van der Waals surface area (Å²) in [4.78, 5) is 35.7. The molecule has 4 rings (SSSR count). The van der Waals surface area contributed by atoms with E-state index in [1.54, 1.807) is 41.9 Å². The Hall–Kier alpha value is -2.45. The Morgan fingerprint density at radius 1 is 1.31 bits per heavy atom. The molecular weight excluding hydrogens is 406 g/mol. The van der Waals surface area contributed by atoms with Gasteiger partial charge in [0.15, 0.2) is 0 Å². The van der Waals surface area contributed by atoms with Crippen LogP contribution in [0, 0.1) is 5.92 Å². The predicted molar refractivity (Wildman–Crippen MR) is 116 cm³/mol. The van der Waals surface area contributed by atoms with Crippen LogP contribution in [0.5, 0.6) is 0 Å². The Morgan fingerprint density at radius 3 is 2.97 bits per heavy atom. The molecule has 2 heterocycles. The molecule has 0 unspecified atom stereocenters. The van der Waals surface area contributed by atoms with Crippen molar-refractivity contribution in [3.63, 3.8) is 0 Å². The molecule has 0 spiro atoms. The van der Waals surface area contributed by atoms with E-state index in [-0.39, 0.29) is 11.7 Å². The number of para-hydroxylation sites is 1. The lowest BCUT2D eigenvalue weighted by atomic mass is 9.89. The molecule has 1 aliphatic carbocycles. The van der Waals surface area contributed by atoms with Gasteiger partial charge in [0.2, 0.25) is 5.91 Å². The number of hydrogen-bond donors (Lipinski definition) is 1. The third-order valence-electron chi connectivity index (χ3n) is 5.00. The lowest BCUT2D eigenvalue weighted by Crippen LogP contribution is -2.17. The van der Waals surface area contributed by atoms with E-state index in [0.717, 1.165) is 28.1 Å². The molecular formula is C21H21N3O3S2. The second-order valence-electron chi connectivity index (χ2n) is 7.08. The van der Waals surface area contributed by atoms with Gasteiger partial charge in [0.25, 0.3) is 0 Å². The number of nitrogens with zero attached hydrogens (tertiary/aromatic N) is 2. The number of fused-ring (bicyclic) bond motifs is 3. The first-order valence-corrected chi connectivity index (χ1v) is 11.2. The number of hydrogen-bond acceptors (Lipinski definition) is 7. The van der Waals surface area contributed by atoms with E-state index in [9.17, 15) is 9.59 Å². The van der Waals surface area contributed by atoms with Crippen molar-refractivity contribution in [2.45, 2.75) is 31.2 Å². The van der Waals surface area contributed by atoms with Gasteiger partial charge in [-0.3, -0.25) is 4.79 Å². The van der Waals surface area contributed by atoms with Gasteiger partial charge in [-0.25, -0.2) is 14.8 Å². The van der Waals surface area contributed by atoms with Crippen molar-refractivity contribution >= 4 is 50.9 Å². The largest absolute Gasteiger partial charge is 0.465 e. The lowest BCUT2D eigenvalue weighted by Gasteiger charge is -2.18. The fourth-order valence-corrected chi connectivity index (χ4v) is 5.80. The SMILES string of the molecule is COC(=O)c1ccccc1NC(=O)CSc1ncnc2sc3c(c12)CC[C@@H](C)C3. The van der Waals surface area contributed by atoms with Crippen LogP contribution in [-0.4, -0.2) is 34.7 Å². The Labute approximate surface area is 177 Å². The summed E-state index contributed by atoms with van der Waals surface area (Å²) in [6.07, 6.45) is 4.87. The Balaban J connectivity index is 1.51. The van der Waals surface area contributed by atoms with Gasteiger partial charge in [-0.15, -0.1) is 11.3 Å². The van der Waals surface area contributed by atoms with E-state index in [0.29, 0.717) is 17.2 Å². The van der Waals surface area contributed by atoms with Gasteiger partial charge in [-0.05, 0) is 42.9 Å². The molecule has 1 amide bonds. The summed E-state index contributed by atoms with van der Waals surface area (Å²) < 4.78 is 4.78. The third-order valence-corrected chi connectivity index (χ3v) is 7.16. The summed E-state index contributed by atoms with van der Waals surface area (Å²) in [7, 11) is 1.32. The van der Waals surface area contributed by atoms with E-state index in [2.05, 4.69) is 22.2 Å². The topological polar surface area (TPSA) is 81.2 Å². The van der Waals surface area contributed by atoms with Crippen LogP contribution in [0.15, 0.2) is 35.6 Å². The first kappa shape index (κ1) is 19.8. The highest BCUT2D eigenvalue weighted by molar-refractivity contribution is 8.00. The minimum Gasteiger partial charge on any atom is -0.465 e. The van der Waals surface area contributed by atoms with Crippen molar-refractivity contribution < 1.29 is 14.3 Å². The molecule has 2 aromatic heterocycles. The smallest absolute Gasteiger partial charge is 0.339 e. The number of anilines is 1. The number of rotatable bonds is 5. The highest BCUT2D eigenvalue weighted by Gasteiger charge is 2.23. The van der Waals surface area contributed by atoms with E-state index < -0.39 is 5.97 Å². The van der Waals surface area contributed by atoms with Gasteiger partial charge in [0.1, 0.15) is 16.2 Å². The van der Waals surface area contributed by atoms with Crippen LogP contribution >= 0.6 is 23.1 Å². The average molecular weight is 428 g/mol. The summed E-state index contributed by atoms with van der Waals surface area (Å²) >= 11 is 3.15. The zero-order valence-corrected chi connectivity index (χ0v) is 17.9. The maximum Gasteiger partial charge on any atom is 0.339 e. The number of carbonyl (C=O) groups excluding carboxylic acids is 2. The van der Waals surface area contributed by atoms with Crippen molar-refractivity contribution in [3.8, 4) is 0 Å². The third kappa shape index (κ3) is 4.13. The molecule has 1 atom stereocenters. The molecule has 1 aromatic carbocycles. The fourth-order valence-electron chi connectivity index (χ4n) is 3.56. The maximum absolute atomic E-state index is 12.5. The van der Waals surface area contributed by atoms with Gasteiger partial charge in [0.05, 0.1) is 24.1 Å². The number of aryl methyl sites for hydroxylation is 1. The lowest BCUT2D eigenvalue weighted by molar-refractivity contribution is -0.113. The van der Waals surface area contributed by atoms with Gasteiger partial charge in [-0.1, -0.05) is 30.8 Å². The van der Waals surface area contributed by atoms with Crippen LogP contribution in [0.2, 0.25) is 0 Å². The van der Waals surface area contributed by atoms with Gasteiger partial charge in [0, 0.05) is 10.3 Å². The van der Waals surface area contributed by atoms with Crippen LogP contribution in [0.3, 0.4) is 0 Å². The Kier molecular flexibility index (Phi) is 5.82. The number of nitrogens with one attached hydrogen (secondary N) is 1. The van der Waals surface area contributed by atoms with Crippen LogP contribution in [0.1, 0.15) is 34.1 Å². The van der Waals surface area contributed by atoms with Crippen molar-refractivity contribution in [3.05, 3.63) is 46.6 Å². The summed E-state index contributed by atoms with van der Waals surface area (Å²) in [5, 5.41) is 4.75. The van der Waals surface area contributed by atoms with Gasteiger partial charge in [-0.2, -0.15) is 0 Å². The molecule has 8 heteroatoms. The minimum absolute atomic E-state index is 0.197. The zero-order chi connectivity index (χ0) is 20.4. The van der Waals surface area contributed by atoms with E-state index in [4.69, 9.17) is 4.74 Å². The molecule has 0 bridgehead atoms. The van der Waals surface area contributed by atoms with Crippen LogP contribution < -0.4 is 5.32 Å². The van der Waals surface area contributed by atoms with Crippen LogP contribution in [-0.2, 0) is 22.4 Å². The molecule has 1 N–H and O–H groups in total. The molecule has 0 saturated heterocycles. The number of ether oxygens (including phenoxy) is 1. The quantitative estimate of drug-likeness (QED) is 0.371. The number of thioether (sulfide) groups is 1. The Morgan fingerprint density at radius 2 is 2.14 bits per heavy atom. The van der Waals surface area contributed by atoms with Gasteiger partial charge >= 0.3 is 5.97 Å². The molecule has 3 aromatic rings. The van der Waals surface area contributed by atoms with Crippen molar-refractivity contribution in [2.24, 2.45) is 5.92 Å². The maximum atomic E-state index is 12.5. The molecule has 6 nitrogen and oxygen atoms in total. The predicted octanol–water partition coefficient (Wildman–Crippen LogP) is 4.33. The summed E-state index contributed by atoms with van der Waals surface area (Å²) in [6.45, 7) is 2.28. The van der Waals surface area contributed by atoms with Gasteiger partial charge < -0.3 is 10.1 Å². The summed E-state index contributed by atoms with van der Waals surface area (Å²) in [5.74, 6) is 0.212. The number of esters is 1. The Bertz CT molecular complexity index is 1080. The van der Waals surface area contributed by atoms with Crippen molar-refractivity contribution in [2.75, 3.05) is 18.2 Å². The number of thiophene rings is 1.